The first-order valence-corrected chi connectivity index (χ1v) is 11.8. The minimum atomic E-state index is -0.559. The summed E-state index contributed by atoms with van der Waals surface area (Å²) in [6, 6.07) is 17.4. The summed E-state index contributed by atoms with van der Waals surface area (Å²) in [6.45, 7) is 0.370. The van der Waals surface area contributed by atoms with Crippen molar-refractivity contribution in [2.75, 3.05) is 20.8 Å². The Hall–Kier alpha value is -5.06. The number of carbonyl (C=O) groups is 1. The van der Waals surface area contributed by atoms with E-state index in [1.807, 2.05) is 30.3 Å². The van der Waals surface area contributed by atoms with Gasteiger partial charge in [0, 0.05) is 24.7 Å². The zero-order valence-electron chi connectivity index (χ0n) is 20.7. The lowest BCUT2D eigenvalue weighted by atomic mass is 10.2. The molecule has 0 radical (unpaired) electrons. The highest BCUT2D eigenvalue weighted by Crippen LogP contribution is 2.18. The van der Waals surface area contributed by atoms with Crippen molar-refractivity contribution in [2.24, 2.45) is 0 Å². The maximum Gasteiger partial charge on any atom is 0.278 e. The van der Waals surface area contributed by atoms with Gasteiger partial charge in [0.15, 0.2) is 12.1 Å². The predicted octanol–water partition coefficient (Wildman–Crippen LogP) is 2.12. The van der Waals surface area contributed by atoms with E-state index in [0.29, 0.717) is 18.0 Å². The lowest BCUT2D eigenvalue weighted by Crippen LogP contribution is -2.31. The van der Waals surface area contributed by atoms with Gasteiger partial charge in [-0.1, -0.05) is 23.4 Å². The standard InChI is InChI=1S/C27H24N6O5/c1-32(15-18-5-3-4-12-28-18)23(34)16-38-20-10-11-21-22(13-20)29-27(36)24-25(26(21)35)33(31-30-24)14-17-6-8-19(37-2)9-7-17/h3-13H,14-16H2,1-2H3,(H,29,36). The van der Waals surface area contributed by atoms with Crippen LogP contribution in [0.15, 0.2) is 76.4 Å². The molecule has 192 valence electrons. The Morgan fingerprint density at radius 3 is 2.58 bits per heavy atom. The number of aromatic amines is 1. The van der Waals surface area contributed by atoms with Gasteiger partial charge in [0.1, 0.15) is 17.0 Å². The fourth-order valence-corrected chi connectivity index (χ4v) is 4.01. The lowest BCUT2D eigenvalue weighted by molar-refractivity contribution is -0.132. The number of aromatic nitrogens is 5. The number of nitrogens with zero attached hydrogens (tertiary/aromatic N) is 5. The summed E-state index contributed by atoms with van der Waals surface area (Å²) in [5, 5.41) is 8.28. The van der Waals surface area contributed by atoms with Gasteiger partial charge in [0.2, 0.25) is 5.43 Å². The molecular weight excluding hydrogens is 488 g/mol. The van der Waals surface area contributed by atoms with Crippen LogP contribution < -0.4 is 20.5 Å². The van der Waals surface area contributed by atoms with Gasteiger partial charge in [-0.2, -0.15) is 0 Å². The minimum Gasteiger partial charge on any atom is -0.497 e. The van der Waals surface area contributed by atoms with Gasteiger partial charge in [-0.05, 0) is 42.0 Å². The molecule has 0 bridgehead atoms. The van der Waals surface area contributed by atoms with Crippen LogP contribution in [0, 0.1) is 0 Å². The van der Waals surface area contributed by atoms with Crippen molar-refractivity contribution in [3.63, 3.8) is 0 Å². The molecule has 3 aromatic heterocycles. The van der Waals surface area contributed by atoms with Crippen LogP contribution in [0.25, 0.3) is 21.9 Å². The summed E-state index contributed by atoms with van der Waals surface area (Å²) < 4.78 is 12.3. The second-order valence-electron chi connectivity index (χ2n) is 8.64. The van der Waals surface area contributed by atoms with Crippen LogP contribution in [-0.4, -0.2) is 56.5 Å². The number of nitrogens with one attached hydrogen (secondary N) is 1. The van der Waals surface area contributed by atoms with Crippen molar-refractivity contribution in [3.8, 4) is 11.5 Å². The molecule has 5 rings (SSSR count). The van der Waals surface area contributed by atoms with E-state index in [2.05, 4.69) is 20.3 Å². The molecule has 0 fully saturated rings. The molecule has 2 aromatic carbocycles. The predicted molar refractivity (Wildman–Crippen MR) is 140 cm³/mol. The molecule has 0 spiro atoms. The first-order valence-electron chi connectivity index (χ1n) is 11.8. The molecule has 0 aliphatic carbocycles. The van der Waals surface area contributed by atoms with Gasteiger partial charge in [0.05, 0.1) is 31.4 Å². The third kappa shape index (κ3) is 5.07. The molecule has 0 aliphatic rings. The smallest absolute Gasteiger partial charge is 0.278 e. The van der Waals surface area contributed by atoms with Gasteiger partial charge >= 0.3 is 0 Å². The van der Waals surface area contributed by atoms with E-state index in [1.54, 1.807) is 44.6 Å². The zero-order chi connectivity index (χ0) is 26.6. The van der Waals surface area contributed by atoms with Crippen molar-refractivity contribution in [3.05, 3.63) is 98.7 Å². The minimum absolute atomic E-state index is 0.0616. The number of rotatable bonds is 8. The molecule has 0 saturated heterocycles. The second kappa shape index (κ2) is 10.5. The molecular formula is C27H24N6O5. The molecule has 1 amide bonds. The van der Waals surface area contributed by atoms with Crippen LogP contribution in [-0.2, 0) is 17.9 Å². The summed E-state index contributed by atoms with van der Waals surface area (Å²) >= 11 is 0. The van der Waals surface area contributed by atoms with Crippen LogP contribution in [0.4, 0.5) is 0 Å². The van der Waals surface area contributed by atoms with E-state index in [9.17, 15) is 14.4 Å². The number of fused-ring (bicyclic) bond motifs is 2. The number of methoxy groups -OCH3 is 1. The summed E-state index contributed by atoms with van der Waals surface area (Å²) in [7, 11) is 3.24. The molecule has 0 saturated carbocycles. The maximum atomic E-state index is 13.5. The van der Waals surface area contributed by atoms with Crippen molar-refractivity contribution >= 4 is 27.8 Å². The van der Waals surface area contributed by atoms with Crippen molar-refractivity contribution in [1.82, 2.24) is 29.9 Å². The monoisotopic (exact) mass is 512 g/mol. The van der Waals surface area contributed by atoms with Crippen LogP contribution in [0.2, 0.25) is 0 Å². The third-order valence-corrected chi connectivity index (χ3v) is 6.05. The van der Waals surface area contributed by atoms with Crippen LogP contribution in [0.3, 0.4) is 0 Å². The Labute approximate surface area is 216 Å². The normalized spacial score (nSPS) is 11.0. The number of amides is 1. The molecule has 5 aromatic rings. The SMILES string of the molecule is COc1ccc(Cn2nnc3c(=O)[nH]c4cc(OCC(=O)N(C)Cc5ccccn5)ccc4c(=O)c32)cc1. The van der Waals surface area contributed by atoms with Gasteiger partial charge in [-0.25, -0.2) is 4.68 Å². The number of benzene rings is 2. The Morgan fingerprint density at radius 2 is 1.84 bits per heavy atom. The van der Waals surface area contributed by atoms with Crippen LogP contribution in [0.1, 0.15) is 11.3 Å². The van der Waals surface area contributed by atoms with Crippen molar-refractivity contribution < 1.29 is 14.3 Å². The highest BCUT2D eigenvalue weighted by molar-refractivity contribution is 5.87. The number of hydrogen-bond acceptors (Lipinski definition) is 8. The molecule has 0 aliphatic heterocycles. The maximum absolute atomic E-state index is 13.5. The largest absolute Gasteiger partial charge is 0.497 e. The topological polar surface area (TPSA) is 132 Å². The Kier molecular flexibility index (Phi) is 6.81. The fourth-order valence-electron chi connectivity index (χ4n) is 4.01. The van der Waals surface area contributed by atoms with Gasteiger partial charge < -0.3 is 19.4 Å². The third-order valence-electron chi connectivity index (χ3n) is 6.05. The van der Waals surface area contributed by atoms with Crippen LogP contribution in [0.5, 0.6) is 11.5 Å². The number of hydrogen-bond donors (Lipinski definition) is 1. The molecule has 0 atom stereocenters. The Morgan fingerprint density at radius 1 is 1.05 bits per heavy atom. The zero-order valence-corrected chi connectivity index (χ0v) is 20.7. The highest BCUT2D eigenvalue weighted by Gasteiger charge is 2.16. The number of ether oxygens (including phenoxy) is 2. The quantitative estimate of drug-likeness (QED) is 0.334. The van der Waals surface area contributed by atoms with E-state index in [1.165, 1.54) is 15.6 Å². The second-order valence-corrected chi connectivity index (χ2v) is 8.64. The molecule has 11 nitrogen and oxygen atoms in total. The van der Waals surface area contributed by atoms with E-state index in [0.717, 1.165) is 11.3 Å². The average Bonchev–Trinajstić information content (AvgIpc) is 3.31. The van der Waals surface area contributed by atoms with E-state index < -0.39 is 11.0 Å². The first kappa shape index (κ1) is 24.6. The van der Waals surface area contributed by atoms with Gasteiger partial charge in [0.25, 0.3) is 11.5 Å². The molecule has 1 N–H and O–H groups in total. The molecule has 11 heteroatoms. The Bertz CT molecular complexity index is 1730. The molecule has 3 heterocycles. The van der Waals surface area contributed by atoms with Gasteiger partial charge in [-0.15, -0.1) is 5.10 Å². The molecule has 38 heavy (non-hydrogen) atoms. The Balaban J connectivity index is 1.40. The number of likely N-dealkylation sites (N-methyl/N-ethyl adjacent to an activating group) is 1. The van der Waals surface area contributed by atoms with Gasteiger partial charge in [-0.3, -0.25) is 19.4 Å². The van der Waals surface area contributed by atoms with E-state index in [-0.39, 0.29) is 41.0 Å². The highest BCUT2D eigenvalue weighted by atomic mass is 16.5. The average molecular weight is 513 g/mol. The van der Waals surface area contributed by atoms with E-state index in [4.69, 9.17) is 9.47 Å². The van der Waals surface area contributed by atoms with Crippen LogP contribution >= 0.6 is 0 Å². The van der Waals surface area contributed by atoms with E-state index >= 15 is 0 Å². The first-order chi connectivity index (χ1) is 18.4. The fraction of sp³-hybridized carbons (Fsp3) is 0.185. The number of pyridine rings is 1. The van der Waals surface area contributed by atoms with Crippen molar-refractivity contribution in [2.45, 2.75) is 13.1 Å². The van der Waals surface area contributed by atoms with Crippen molar-refractivity contribution in [1.29, 1.82) is 0 Å². The number of H-pyrrole nitrogens is 1. The summed E-state index contributed by atoms with van der Waals surface area (Å²) in [6.07, 6.45) is 1.67. The molecule has 0 unspecified atom stereocenters. The summed E-state index contributed by atoms with van der Waals surface area (Å²) in [4.78, 5) is 47.3. The number of carbonyl (C=O) groups excluding carboxylic acids is 1. The summed E-state index contributed by atoms with van der Waals surface area (Å²) in [5.41, 5.74) is 0.957. The summed E-state index contributed by atoms with van der Waals surface area (Å²) in [5.74, 6) is 0.784. The lowest BCUT2D eigenvalue weighted by Gasteiger charge is -2.17.